The highest BCUT2D eigenvalue weighted by molar-refractivity contribution is 9.10. The number of ether oxygens (including phenoxy) is 2. The standard InChI is InChI=1S/C12H10BrClN2O2/c13-9-3-8-10(15-6-16-12(8)14)4-11(9)18-7-1-2-17-5-7/h3-4,6-7H,1-2,5H2. The third kappa shape index (κ3) is 2.30. The number of nitrogens with zero attached hydrogens (tertiary/aromatic N) is 2. The molecule has 1 aromatic carbocycles. The average molecular weight is 330 g/mol. The summed E-state index contributed by atoms with van der Waals surface area (Å²) in [5, 5.41) is 1.25. The van der Waals surface area contributed by atoms with E-state index in [9.17, 15) is 0 Å². The second-order valence-corrected chi connectivity index (χ2v) is 5.28. The molecule has 4 nitrogen and oxygen atoms in total. The Bertz CT molecular complexity index is 588. The summed E-state index contributed by atoms with van der Waals surface area (Å²) in [5.74, 6) is 0.757. The molecule has 0 amide bonds. The normalized spacial score (nSPS) is 19.3. The number of halogens is 2. The first kappa shape index (κ1) is 12.1. The van der Waals surface area contributed by atoms with Crippen LogP contribution in [0.3, 0.4) is 0 Å². The highest BCUT2D eigenvalue weighted by Gasteiger charge is 2.19. The lowest BCUT2D eigenvalue weighted by atomic mass is 10.2. The van der Waals surface area contributed by atoms with Crippen LogP contribution in [0, 0.1) is 0 Å². The van der Waals surface area contributed by atoms with Crippen molar-refractivity contribution in [2.24, 2.45) is 0 Å². The van der Waals surface area contributed by atoms with Gasteiger partial charge in [0.15, 0.2) is 0 Å². The molecule has 1 aliphatic heterocycles. The molecule has 1 saturated heterocycles. The molecule has 1 aromatic heterocycles. The summed E-state index contributed by atoms with van der Waals surface area (Å²) in [6.45, 7) is 1.39. The summed E-state index contributed by atoms with van der Waals surface area (Å²) >= 11 is 9.50. The van der Waals surface area contributed by atoms with Crippen molar-refractivity contribution >= 4 is 38.4 Å². The number of hydrogen-bond donors (Lipinski definition) is 0. The van der Waals surface area contributed by atoms with Gasteiger partial charge < -0.3 is 9.47 Å². The van der Waals surface area contributed by atoms with Crippen molar-refractivity contribution in [1.82, 2.24) is 9.97 Å². The summed E-state index contributed by atoms with van der Waals surface area (Å²) in [6.07, 6.45) is 2.46. The summed E-state index contributed by atoms with van der Waals surface area (Å²) < 4.78 is 12.0. The van der Waals surface area contributed by atoms with Gasteiger partial charge in [-0.15, -0.1) is 0 Å². The molecule has 1 fully saturated rings. The monoisotopic (exact) mass is 328 g/mol. The number of rotatable bonds is 2. The largest absolute Gasteiger partial charge is 0.487 e. The van der Waals surface area contributed by atoms with Gasteiger partial charge in [-0.3, -0.25) is 0 Å². The second kappa shape index (κ2) is 4.99. The van der Waals surface area contributed by atoms with Crippen LogP contribution in [0.4, 0.5) is 0 Å². The van der Waals surface area contributed by atoms with Crippen molar-refractivity contribution in [3.8, 4) is 5.75 Å². The fourth-order valence-electron chi connectivity index (χ4n) is 1.90. The maximum absolute atomic E-state index is 6.02. The maximum atomic E-state index is 6.02. The first-order chi connectivity index (χ1) is 8.74. The zero-order valence-corrected chi connectivity index (χ0v) is 11.7. The minimum Gasteiger partial charge on any atom is -0.487 e. The van der Waals surface area contributed by atoms with Crippen LogP contribution in [0.1, 0.15) is 6.42 Å². The van der Waals surface area contributed by atoms with Gasteiger partial charge in [0.25, 0.3) is 0 Å². The SMILES string of the molecule is Clc1ncnc2cc(OC3CCOC3)c(Br)cc12. The summed E-state index contributed by atoms with van der Waals surface area (Å²) in [7, 11) is 0. The highest BCUT2D eigenvalue weighted by Crippen LogP contribution is 2.33. The van der Waals surface area contributed by atoms with E-state index in [1.807, 2.05) is 12.1 Å². The van der Waals surface area contributed by atoms with E-state index in [0.29, 0.717) is 11.8 Å². The topological polar surface area (TPSA) is 44.2 Å². The molecule has 1 atom stereocenters. The van der Waals surface area contributed by atoms with Gasteiger partial charge >= 0.3 is 0 Å². The minimum atomic E-state index is 0.107. The van der Waals surface area contributed by atoms with Gasteiger partial charge in [0.2, 0.25) is 0 Å². The fraction of sp³-hybridized carbons (Fsp3) is 0.333. The number of hydrogen-bond acceptors (Lipinski definition) is 4. The number of aromatic nitrogens is 2. The molecule has 0 saturated carbocycles. The fourth-order valence-corrected chi connectivity index (χ4v) is 2.53. The van der Waals surface area contributed by atoms with E-state index in [4.69, 9.17) is 21.1 Å². The lowest BCUT2D eigenvalue weighted by molar-refractivity contribution is 0.141. The summed E-state index contributed by atoms with van der Waals surface area (Å²) in [5.41, 5.74) is 0.770. The molecule has 18 heavy (non-hydrogen) atoms. The molecule has 1 aliphatic rings. The van der Waals surface area contributed by atoms with Crippen molar-refractivity contribution < 1.29 is 9.47 Å². The molecule has 2 heterocycles. The van der Waals surface area contributed by atoms with Gasteiger partial charge in [-0.2, -0.15) is 0 Å². The molecule has 94 valence electrons. The first-order valence-electron chi connectivity index (χ1n) is 5.58. The van der Waals surface area contributed by atoms with Crippen LogP contribution in [0.2, 0.25) is 5.15 Å². The van der Waals surface area contributed by atoms with E-state index in [2.05, 4.69) is 25.9 Å². The third-order valence-electron chi connectivity index (χ3n) is 2.82. The Balaban J connectivity index is 1.99. The van der Waals surface area contributed by atoms with Gasteiger partial charge in [0.05, 0.1) is 23.2 Å². The van der Waals surface area contributed by atoms with Crippen LogP contribution < -0.4 is 4.74 Å². The molecule has 0 aliphatic carbocycles. The van der Waals surface area contributed by atoms with E-state index in [-0.39, 0.29) is 6.10 Å². The van der Waals surface area contributed by atoms with Crippen molar-refractivity contribution in [2.45, 2.75) is 12.5 Å². The Morgan fingerprint density at radius 1 is 1.39 bits per heavy atom. The zero-order valence-electron chi connectivity index (χ0n) is 9.40. The number of benzene rings is 1. The van der Waals surface area contributed by atoms with Crippen LogP contribution in [-0.2, 0) is 4.74 Å². The van der Waals surface area contributed by atoms with E-state index < -0.39 is 0 Å². The van der Waals surface area contributed by atoms with Gasteiger partial charge in [-0.05, 0) is 22.0 Å². The quantitative estimate of drug-likeness (QED) is 0.794. The molecule has 3 rings (SSSR count). The van der Waals surface area contributed by atoms with Gasteiger partial charge in [-0.1, -0.05) is 11.6 Å². The average Bonchev–Trinajstić information content (AvgIpc) is 2.84. The molecule has 2 aromatic rings. The Hall–Kier alpha value is -0.910. The molecule has 6 heteroatoms. The van der Waals surface area contributed by atoms with Crippen molar-refractivity contribution in [3.63, 3.8) is 0 Å². The first-order valence-corrected chi connectivity index (χ1v) is 6.75. The van der Waals surface area contributed by atoms with E-state index in [1.165, 1.54) is 6.33 Å². The predicted molar refractivity (Wildman–Crippen MR) is 72.1 cm³/mol. The van der Waals surface area contributed by atoms with Crippen LogP contribution >= 0.6 is 27.5 Å². The molecular weight excluding hydrogens is 320 g/mol. The molecule has 0 spiro atoms. The molecule has 0 N–H and O–H groups in total. The van der Waals surface area contributed by atoms with Crippen molar-refractivity contribution in [2.75, 3.05) is 13.2 Å². The van der Waals surface area contributed by atoms with Crippen LogP contribution in [0.15, 0.2) is 22.9 Å². The van der Waals surface area contributed by atoms with Crippen LogP contribution in [0.25, 0.3) is 10.9 Å². The van der Waals surface area contributed by atoms with E-state index in [0.717, 1.165) is 34.2 Å². The Morgan fingerprint density at radius 3 is 3.06 bits per heavy atom. The summed E-state index contributed by atoms with van der Waals surface area (Å²) in [6, 6.07) is 3.74. The highest BCUT2D eigenvalue weighted by atomic mass is 79.9. The third-order valence-corrected chi connectivity index (χ3v) is 3.74. The molecule has 1 unspecified atom stereocenters. The van der Waals surface area contributed by atoms with Crippen molar-refractivity contribution in [3.05, 3.63) is 28.1 Å². The number of fused-ring (bicyclic) bond motifs is 1. The van der Waals surface area contributed by atoms with Crippen molar-refractivity contribution in [1.29, 1.82) is 0 Å². The summed E-state index contributed by atoms with van der Waals surface area (Å²) in [4.78, 5) is 8.14. The van der Waals surface area contributed by atoms with E-state index in [1.54, 1.807) is 0 Å². The van der Waals surface area contributed by atoms with Gasteiger partial charge in [-0.25, -0.2) is 9.97 Å². The maximum Gasteiger partial charge on any atom is 0.140 e. The Labute approximate surface area is 117 Å². The predicted octanol–water partition coefficient (Wildman–Crippen LogP) is 3.21. The lowest BCUT2D eigenvalue weighted by Crippen LogP contribution is -2.15. The minimum absolute atomic E-state index is 0.107. The smallest absolute Gasteiger partial charge is 0.140 e. The van der Waals surface area contributed by atoms with Gasteiger partial charge in [0.1, 0.15) is 23.3 Å². The van der Waals surface area contributed by atoms with Gasteiger partial charge in [0, 0.05) is 17.9 Å². The van der Waals surface area contributed by atoms with E-state index >= 15 is 0 Å². The molecule has 0 bridgehead atoms. The molecular formula is C12H10BrClN2O2. The second-order valence-electron chi connectivity index (χ2n) is 4.07. The zero-order chi connectivity index (χ0) is 12.5. The lowest BCUT2D eigenvalue weighted by Gasteiger charge is -2.14. The van der Waals surface area contributed by atoms with Crippen LogP contribution in [0.5, 0.6) is 5.75 Å². The molecule has 0 radical (unpaired) electrons. The Kier molecular flexibility index (Phi) is 3.37. The van der Waals surface area contributed by atoms with Crippen LogP contribution in [-0.4, -0.2) is 29.3 Å². The Morgan fingerprint density at radius 2 is 2.28 bits per heavy atom.